The van der Waals surface area contributed by atoms with Crippen LogP contribution in [0, 0.1) is 5.82 Å². The van der Waals surface area contributed by atoms with Crippen LogP contribution < -0.4 is 10.2 Å². The number of nitrogens with one attached hydrogen (secondary N) is 1. The Bertz CT molecular complexity index is 354. The van der Waals surface area contributed by atoms with E-state index in [1.54, 1.807) is 6.07 Å². The van der Waals surface area contributed by atoms with Gasteiger partial charge >= 0.3 is 0 Å². The van der Waals surface area contributed by atoms with Gasteiger partial charge in [-0.2, -0.15) is 0 Å². The average molecular weight is 266 g/mol. The van der Waals surface area contributed by atoms with Crippen molar-refractivity contribution in [2.45, 2.75) is 45.6 Å². The zero-order valence-electron chi connectivity index (χ0n) is 12.5. The molecule has 0 heterocycles. The monoisotopic (exact) mass is 266 g/mol. The van der Waals surface area contributed by atoms with Crippen molar-refractivity contribution in [3.63, 3.8) is 0 Å². The summed E-state index contributed by atoms with van der Waals surface area (Å²) in [5.41, 5.74) is 0.692. The van der Waals surface area contributed by atoms with Gasteiger partial charge in [0.25, 0.3) is 0 Å². The van der Waals surface area contributed by atoms with Crippen LogP contribution in [0.2, 0.25) is 0 Å². The number of anilines is 1. The van der Waals surface area contributed by atoms with Gasteiger partial charge in [-0.1, -0.05) is 26.0 Å². The van der Waals surface area contributed by atoms with Gasteiger partial charge in [-0.15, -0.1) is 0 Å². The molecule has 108 valence electrons. The molecule has 0 saturated heterocycles. The Hall–Kier alpha value is -1.09. The molecule has 0 bridgehead atoms. The molecule has 0 saturated carbocycles. The number of rotatable bonds is 9. The molecule has 1 rings (SSSR count). The Kier molecular flexibility index (Phi) is 7.49. The minimum absolute atomic E-state index is 0.138. The minimum Gasteiger partial charge on any atom is -0.372 e. The molecule has 1 aromatic carbocycles. The Balaban J connectivity index is 2.34. The maximum Gasteiger partial charge on any atom is 0.146 e. The van der Waals surface area contributed by atoms with Crippen molar-refractivity contribution >= 4 is 5.69 Å². The summed E-state index contributed by atoms with van der Waals surface area (Å²) in [7, 11) is 1.96. The lowest BCUT2D eigenvalue weighted by Crippen LogP contribution is -2.30. The lowest BCUT2D eigenvalue weighted by atomic mass is 10.1. The second-order valence-electron chi connectivity index (χ2n) is 5.07. The van der Waals surface area contributed by atoms with Crippen molar-refractivity contribution in [2.24, 2.45) is 0 Å². The third-order valence-corrected chi connectivity index (χ3v) is 3.49. The van der Waals surface area contributed by atoms with E-state index in [0.717, 1.165) is 32.4 Å². The quantitative estimate of drug-likeness (QED) is 0.731. The van der Waals surface area contributed by atoms with Crippen molar-refractivity contribution in [3.05, 3.63) is 30.1 Å². The molecule has 1 aromatic rings. The first kappa shape index (κ1) is 16.0. The first-order valence-corrected chi connectivity index (χ1v) is 7.38. The van der Waals surface area contributed by atoms with Gasteiger partial charge in [-0.05, 0) is 44.4 Å². The zero-order chi connectivity index (χ0) is 14.1. The summed E-state index contributed by atoms with van der Waals surface area (Å²) in [5.74, 6) is -0.138. The normalized spacial score (nSPS) is 12.4. The molecule has 0 fully saturated rings. The maximum atomic E-state index is 13.6. The van der Waals surface area contributed by atoms with Crippen molar-refractivity contribution < 1.29 is 4.39 Å². The standard InChI is InChI=1S/C16H27FN2/c1-4-12-18-14(5-2)9-8-13-19(3)16-11-7-6-10-15(16)17/h6-7,10-11,14,18H,4-5,8-9,12-13H2,1-3H3. The molecule has 0 aromatic heterocycles. The third-order valence-electron chi connectivity index (χ3n) is 3.49. The van der Waals surface area contributed by atoms with Crippen LogP contribution in [0.15, 0.2) is 24.3 Å². The Morgan fingerprint density at radius 2 is 2.00 bits per heavy atom. The first-order chi connectivity index (χ1) is 9.19. The molecule has 0 radical (unpaired) electrons. The Morgan fingerprint density at radius 1 is 1.26 bits per heavy atom. The number of halogens is 1. The summed E-state index contributed by atoms with van der Waals surface area (Å²) in [6.07, 6.45) is 4.56. The molecule has 0 aliphatic heterocycles. The highest BCUT2D eigenvalue weighted by atomic mass is 19.1. The predicted molar refractivity (Wildman–Crippen MR) is 81.3 cm³/mol. The van der Waals surface area contributed by atoms with Gasteiger partial charge in [0.2, 0.25) is 0 Å². The van der Waals surface area contributed by atoms with Crippen LogP contribution in [0.3, 0.4) is 0 Å². The van der Waals surface area contributed by atoms with Gasteiger partial charge in [-0.3, -0.25) is 0 Å². The number of para-hydroxylation sites is 1. The average Bonchev–Trinajstić information content (AvgIpc) is 2.42. The van der Waals surface area contributed by atoms with Crippen LogP contribution in [0.25, 0.3) is 0 Å². The van der Waals surface area contributed by atoms with E-state index in [1.165, 1.54) is 12.5 Å². The van der Waals surface area contributed by atoms with E-state index in [2.05, 4.69) is 19.2 Å². The second kappa shape index (κ2) is 8.92. The van der Waals surface area contributed by atoms with Gasteiger partial charge in [0, 0.05) is 19.6 Å². The van der Waals surface area contributed by atoms with Crippen LogP contribution in [-0.4, -0.2) is 26.2 Å². The summed E-state index contributed by atoms with van der Waals surface area (Å²) < 4.78 is 13.6. The molecule has 1 unspecified atom stereocenters. The smallest absolute Gasteiger partial charge is 0.146 e. The molecule has 3 heteroatoms. The third kappa shape index (κ3) is 5.60. The van der Waals surface area contributed by atoms with Crippen LogP contribution >= 0.6 is 0 Å². The van der Waals surface area contributed by atoms with Crippen molar-refractivity contribution in [3.8, 4) is 0 Å². The first-order valence-electron chi connectivity index (χ1n) is 7.38. The highest BCUT2D eigenvalue weighted by molar-refractivity contribution is 5.46. The van der Waals surface area contributed by atoms with Gasteiger partial charge in [0.1, 0.15) is 5.82 Å². The van der Waals surface area contributed by atoms with Crippen molar-refractivity contribution in [1.29, 1.82) is 0 Å². The van der Waals surface area contributed by atoms with Crippen LogP contribution in [0.5, 0.6) is 0 Å². The van der Waals surface area contributed by atoms with Crippen LogP contribution in [0.1, 0.15) is 39.5 Å². The largest absolute Gasteiger partial charge is 0.372 e. The molecule has 0 aliphatic rings. The number of benzene rings is 1. The molecular formula is C16H27FN2. The highest BCUT2D eigenvalue weighted by Gasteiger charge is 2.08. The van der Waals surface area contributed by atoms with Gasteiger partial charge in [0.15, 0.2) is 0 Å². The molecular weight excluding hydrogens is 239 g/mol. The lowest BCUT2D eigenvalue weighted by Gasteiger charge is -2.22. The van der Waals surface area contributed by atoms with Crippen molar-refractivity contribution in [2.75, 3.05) is 25.0 Å². The van der Waals surface area contributed by atoms with E-state index in [1.807, 2.05) is 24.1 Å². The SMILES string of the molecule is CCCNC(CC)CCCN(C)c1ccccc1F. The predicted octanol–water partition coefficient (Wildman–Crippen LogP) is 3.82. The van der Waals surface area contributed by atoms with Gasteiger partial charge in [-0.25, -0.2) is 4.39 Å². The van der Waals surface area contributed by atoms with E-state index < -0.39 is 0 Å². The zero-order valence-corrected chi connectivity index (χ0v) is 12.5. The van der Waals surface area contributed by atoms with E-state index in [0.29, 0.717) is 11.7 Å². The highest BCUT2D eigenvalue weighted by Crippen LogP contribution is 2.17. The lowest BCUT2D eigenvalue weighted by molar-refractivity contribution is 0.456. The fourth-order valence-corrected chi connectivity index (χ4v) is 2.26. The van der Waals surface area contributed by atoms with Crippen LogP contribution in [0.4, 0.5) is 10.1 Å². The Morgan fingerprint density at radius 3 is 2.63 bits per heavy atom. The molecule has 2 nitrogen and oxygen atoms in total. The van der Waals surface area contributed by atoms with E-state index in [-0.39, 0.29) is 5.82 Å². The van der Waals surface area contributed by atoms with Crippen LogP contribution in [-0.2, 0) is 0 Å². The fourth-order valence-electron chi connectivity index (χ4n) is 2.26. The maximum absolute atomic E-state index is 13.6. The molecule has 0 spiro atoms. The summed E-state index contributed by atoms with van der Waals surface area (Å²) in [4.78, 5) is 2.00. The summed E-state index contributed by atoms with van der Waals surface area (Å²) in [5, 5.41) is 3.55. The molecule has 1 N–H and O–H groups in total. The summed E-state index contributed by atoms with van der Waals surface area (Å²) >= 11 is 0. The van der Waals surface area contributed by atoms with Gasteiger partial charge in [0.05, 0.1) is 5.69 Å². The fraction of sp³-hybridized carbons (Fsp3) is 0.625. The summed E-state index contributed by atoms with van der Waals surface area (Å²) in [6.45, 7) is 6.38. The second-order valence-corrected chi connectivity index (χ2v) is 5.07. The number of hydrogen-bond donors (Lipinski definition) is 1. The molecule has 19 heavy (non-hydrogen) atoms. The molecule has 0 aliphatic carbocycles. The van der Waals surface area contributed by atoms with E-state index in [9.17, 15) is 4.39 Å². The molecule has 1 atom stereocenters. The Labute approximate surface area is 117 Å². The number of nitrogens with zero attached hydrogens (tertiary/aromatic N) is 1. The van der Waals surface area contributed by atoms with E-state index >= 15 is 0 Å². The minimum atomic E-state index is -0.138. The van der Waals surface area contributed by atoms with Gasteiger partial charge < -0.3 is 10.2 Å². The molecule has 0 amide bonds. The van der Waals surface area contributed by atoms with Crippen molar-refractivity contribution in [1.82, 2.24) is 5.32 Å². The number of hydrogen-bond acceptors (Lipinski definition) is 2. The summed E-state index contributed by atoms with van der Waals surface area (Å²) in [6, 6.07) is 7.56. The topological polar surface area (TPSA) is 15.3 Å². The van der Waals surface area contributed by atoms with E-state index in [4.69, 9.17) is 0 Å².